The highest BCUT2D eigenvalue weighted by Crippen LogP contribution is 2.39. The van der Waals surface area contributed by atoms with Gasteiger partial charge in [-0.3, -0.25) is 4.79 Å². The Bertz CT molecular complexity index is 1100. The predicted octanol–water partition coefficient (Wildman–Crippen LogP) is 5.27. The van der Waals surface area contributed by atoms with E-state index in [1.165, 1.54) is 18.2 Å². The molecule has 3 aromatic rings. The summed E-state index contributed by atoms with van der Waals surface area (Å²) < 4.78 is 19.3. The standard InChI is InChI=1S/C27H28FNO4/c1-4-21(30)14-22(31)15-25(32)33-27-23(18-10-12-20(28)13-11-18)16-24(29-26(27)17(2)3)19-8-6-5-7-9-19/h4-13,16-17,21-22,30-31H,1,14-15H2,2-3H3. The Kier molecular flexibility index (Phi) is 8.09. The lowest BCUT2D eigenvalue weighted by molar-refractivity contribution is -0.136. The maximum Gasteiger partial charge on any atom is 0.313 e. The second-order valence-electron chi connectivity index (χ2n) is 8.17. The normalized spacial score (nSPS) is 12.9. The summed E-state index contributed by atoms with van der Waals surface area (Å²) in [6, 6.07) is 17.4. The number of hydrogen-bond donors (Lipinski definition) is 2. The Hall–Kier alpha value is -3.35. The molecular formula is C27H28FNO4. The monoisotopic (exact) mass is 449 g/mol. The molecule has 2 unspecified atom stereocenters. The molecule has 1 heterocycles. The number of carbonyl (C=O) groups excluding carboxylic acids is 1. The molecule has 0 aliphatic rings. The van der Waals surface area contributed by atoms with Crippen LogP contribution in [-0.2, 0) is 4.79 Å². The summed E-state index contributed by atoms with van der Waals surface area (Å²) in [6.45, 7) is 7.35. The van der Waals surface area contributed by atoms with Crippen LogP contribution in [0.4, 0.5) is 4.39 Å². The number of hydrogen-bond acceptors (Lipinski definition) is 5. The molecular weight excluding hydrogens is 421 g/mol. The molecule has 0 spiro atoms. The Labute approximate surface area is 193 Å². The van der Waals surface area contributed by atoms with Crippen molar-refractivity contribution in [2.75, 3.05) is 0 Å². The highest BCUT2D eigenvalue weighted by atomic mass is 19.1. The van der Waals surface area contributed by atoms with Gasteiger partial charge in [0.1, 0.15) is 5.82 Å². The zero-order chi connectivity index (χ0) is 24.0. The van der Waals surface area contributed by atoms with Crippen molar-refractivity contribution in [2.24, 2.45) is 0 Å². The molecule has 0 fully saturated rings. The quantitative estimate of drug-likeness (QED) is 0.344. The zero-order valence-corrected chi connectivity index (χ0v) is 18.7. The van der Waals surface area contributed by atoms with Gasteiger partial charge in [-0.2, -0.15) is 0 Å². The first kappa shape index (κ1) is 24.3. The predicted molar refractivity (Wildman–Crippen MR) is 126 cm³/mol. The number of ether oxygens (including phenoxy) is 1. The number of aliphatic hydroxyl groups excluding tert-OH is 2. The molecule has 6 heteroatoms. The topological polar surface area (TPSA) is 79.7 Å². The summed E-state index contributed by atoms with van der Waals surface area (Å²) in [5.41, 5.74) is 3.44. The maximum atomic E-state index is 13.6. The van der Waals surface area contributed by atoms with Gasteiger partial charge < -0.3 is 14.9 Å². The largest absolute Gasteiger partial charge is 0.424 e. The third-order valence-electron chi connectivity index (χ3n) is 5.17. The zero-order valence-electron chi connectivity index (χ0n) is 18.7. The van der Waals surface area contributed by atoms with Crippen LogP contribution >= 0.6 is 0 Å². The smallest absolute Gasteiger partial charge is 0.313 e. The van der Waals surface area contributed by atoms with Crippen molar-refractivity contribution in [3.8, 4) is 28.1 Å². The van der Waals surface area contributed by atoms with E-state index in [0.29, 0.717) is 22.5 Å². The minimum Gasteiger partial charge on any atom is -0.424 e. The molecule has 0 aliphatic heterocycles. The van der Waals surface area contributed by atoms with Crippen molar-refractivity contribution < 1.29 is 24.1 Å². The minimum atomic E-state index is -1.08. The van der Waals surface area contributed by atoms with E-state index in [1.54, 1.807) is 12.1 Å². The number of aromatic nitrogens is 1. The molecule has 0 saturated heterocycles. The van der Waals surface area contributed by atoms with Gasteiger partial charge in [0.25, 0.3) is 0 Å². The van der Waals surface area contributed by atoms with Gasteiger partial charge >= 0.3 is 5.97 Å². The SMILES string of the molecule is C=CC(O)CC(O)CC(=O)Oc1c(-c2ccc(F)cc2)cc(-c2ccccc2)nc1C(C)C. The van der Waals surface area contributed by atoms with Gasteiger partial charge in [-0.1, -0.05) is 62.4 Å². The van der Waals surface area contributed by atoms with Gasteiger partial charge in [0.2, 0.25) is 0 Å². The molecule has 3 rings (SSSR count). The molecule has 2 aromatic carbocycles. The fourth-order valence-corrected chi connectivity index (χ4v) is 3.46. The van der Waals surface area contributed by atoms with Crippen molar-refractivity contribution in [3.63, 3.8) is 0 Å². The van der Waals surface area contributed by atoms with Gasteiger partial charge in [-0.25, -0.2) is 9.37 Å². The summed E-state index contributed by atoms with van der Waals surface area (Å²) in [6.07, 6.45) is -1.03. The lowest BCUT2D eigenvalue weighted by Gasteiger charge is -2.19. The third-order valence-corrected chi connectivity index (χ3v) is 5.17. The number of esters is 1. The molecule has 2 N–H and O–H groups in total. The number of aliphatic hydroxyl groups is 2. The number of carbonyl (C=O) groups is 1. The van der Waals surface area contributed by atoms with Crippen molar-refractivity contribution in [1.29, 1.82) is 0 Å². The maximum absolute atomic E-state index is 13.6. The third kappa shape index (κ3) is 6.34. The van der Waals surface area contributed by atoms with E-state index < -0.39 is 18.2 Å². The Morgan fingerprint density at radius 3 is 2.36 bits per heavy atom. The Morgan fingerprint density at radius 2 is 1.76 bits per heavy atom. The molecule has 33 heavy (non-hydrogen) atoms. The van der Waals surface area contributed by atoms with Crippen molar-refractivity contribution in [2.45, 2.75) is 44.8 Å². The molecule has 0 aliphatic carbocycles. The van der Waals surface area contributed by atoms with Crippen molar-refractivity contribution >= 4 is 5.97 Å². The second kappa shape index (κ2) is 11.0. The molecule has 5 nitrogen and oxygen atoms in total. The Balaban J connectivity index is 2.06. The van der Waals surface area contributed by atoms with Crippen LogP contribution in [-0.4, -0.2) is 33.4 Å². The van der Waals surface area contributed by atoms with E-state index in [9.17, 15) is 19.4 Å². The van der Waals surface area contributed by atoms with Crippen LogP contribution in [0.3, 0.4) is 0 Å². The molecule has 0 bridgehead atoms. The average molecular weight is 450 g/mol. The number of halogens is 1. The van der Waals surface area contributed by atoms with Crippen LogP contribution in [0.15, 0.2) is 73.3 Å². The summed E-state index contributed by atoms with van der Waals surface area (Å²) in [5.74, 6) is -0.832. The van der Waals surface area contributed by atoms with Crippen LogP contribution in [0.25, 0.3) is 22.4 Å². The molecule has 0 saturated carbocycles. The summed E-state index contributed by atoms with van der Waals surface area (Å²) in [7, 11) is 0. The molecule has 2 atom stereocenters. The fourth-order valence-electron chi connectivity index (χ4n) is 3.46. The summed E-state index contributed by atoms with van der Waals surface area (Å²) in [5, 5.41) is 19.8. The van der Waals surface area contributed by atoms with Gasteiger partial charge in [-0.05, 0) is 29.7 Å². The lowest BCUT2D eigenvalue weighted by Crippen LogP contribution is -2.22. The van der Waals surface area contributed by atoms with Crippen molar-refractivity contribution in [3.05, 3.63) is 84.8 Å². The number of pyridine rings is 1. The first-order valence-electron chi connectivity index (χ1n) is 10.8. The van der Waals surface area contributed by atoms with E-state index >= 15 is 0 Å². The molecule has 1 aromatic heterocycles. The molecule has 172 valence electrons. The summed E-state index contributed by atoms with van der Waals surface area (Å²) in [4.78, 5) is 17.5. The first-order valence-corrected chi connectivity index (χ1v) is 10.8. The molecule has 0 amide bonds. The average Bonchev–Trinajstić information content (AvgIpc) is 2.79. The van der Waals surface area contributed by atoms with E-state index in [1.807, 2.05) is 50.2 Å². The molecule has 0 radical (unpaired) electrons. The number of nitrogens with zero attached hydrogens (tertiary/aromatic N) is 1. The van der Waals surface area contributed by atoms with Crippen LogP contribution in [0.5, 0.6) is 5.75 Å². The van der Waals surface area contributed by atoms with E-state index in [-0.39, 0.29) is 30.3 Å². The Morgan fingerprint density at radius 1 is 1.09 bits per heavy atom. The second-order valence-corrected chi connectivity index (χ2v) is 8.17. The van der Waals surface area contributed by atoms with Crippen LogP contribution in [0.2, 0.25) is 0 Å². The van der Waals surface area contributed by atoms with E-state index in [0.717, 1.165) is 5.56 Å². The van der Waals surface area contributed by atoms with Crippen LogP contribution in [0.1, 0.15) is 38.3 Å². The van der Waals surface area contributed by atoms with Crippen molar-refractivity contribution in [1.82, 2.24) is 4.98 Å². The van der Waals surface area contributed by atoms with E-state index in [4.69, 9.17) is 9.72 Å². The number of benzene rings is 2. The fraction of sp³-hybridized carbons (Fsp3) is 0.259. The summed E-state index contributed by atoms with van der Waals surface area (Å²) >= 11 is 0. The van der Waals surface area contributed by atoms with Crippen LogP contribution < -0.4 is 4.74 Å². The van der Waals surface area contributed by atoms with Gasteiger partial charge in [0, 0.05) is 17.5 Å². The van der Waals surface area contributed by atoms with Crippen LogP contribution in [0, 0.1) is 5.82 Å². The minimum absolute atomic E-state index is 0.0222. The van der Waals surface area contributed by atoms with E-state index in [2.05, 4.69) is 6.58 Å². The van der Waals surface area contributed by atoms with Gasteiger partial charge in [0.15, 0.2) is 5.75 Å². The van der Waals surface area contributed by atoms with Gasteiger partial charge in [-0.15, -0.1) is 6.58 Å². The first-order chi connectivity index (χ1) is 15.8. The highest BCUT2D eigenvalue weighted by Gasteiger charge is 2.23. The number of rotatable bonds is 9. The van der Waals surface area contributed by atoms with Gasteiger partial charge in [0.05, 0.1) is 30.0 Å². The highest BCUT2D eigenvalue weighted by molar-refractivity contribution is 5.81. The lowest BCUT2D eigenvalue weighted by atomic mass is 9.97.